The van der Waals surface area contributed by atoms with Crippen LogP contribution in [0, 0.1) is 0 Å². The fraction of sp³-hybridized carbons (Fsp3) is 0.300. The lowest BCUT2D eigenvalue weighted by Crippen LogP contribution is -2.21. The number of carbonyl (C=O) groups excluding carboxylic acids is 1. The lowest BCUT2D eigenvalue weighted by Gasteiger charge is -2.17. The minimum atomic E-state index is -5.30. The van der Waals surface area contributed by atoms with Crippen molar-refractivity contribution in [1.82, 2.24) is 0 Å². The van der Waals surface area contributed by atoms with Crippen molar-refractivity contribution in [3.05, 3.63) is 27.7 Å². The number of hydrogen-bond donors (Lipinski definition) is 0. The molecule has 0 heterocycles. The first-order valence-electron chi connectivity index (χ1n) is 4.59. The molecule has 0 aliphatic rings. The van der Waals surface area contributed by atoms with E-state index < -0.39 is 34.1 Å². The van der Waals surface area contributed by atoms with Crippen molar-refractivity contribution in [2.45, 2.75) is 19.5 Å². The summed E-state index contributed by atoms with van der Waals surface area (Å²) in [4.78, 5) is 11.0. The number of alkyl halides is 6. The van der Waals surface area contributed by atoms with Crippen LogP contribution in [0.1, 0.15) is 22.8 Å². The van der Waals surface area contributed by atoms with Gasteiger partial charge < -0.3 is 4.74 Å². The third kappa shape index (κ3) is 4.12. The molecule has 0 aliphatic carbocycles. The first-order valence-corrected chi connectivity index (χ1v) is 5.38. The number of hydrogen-bond acceptors (Lipinski definition) is 2. The van der Waals surface area contributed by atoms with Gasteiger partial charge in [0.2, 0.25) is 0 Å². The second-order valence-electron chi connectivity index (χ2n) is 3.43. The second-order valence-corrected chi connectivity index (χ2v) is 4.29. The average molecular weight is 351 g/mol. The molecule has 0 radical (unpaired) electrons. The summed E-state index contributed by atoms with van der Waals surface area (Å²) in [5, 5.41) is 0. The third-order valence-corrected chi connectivity index (χ3v) is 2.60. The summed E-state index contributed by atoms with van der Waals surface area (Å²) in [5.41, 5.74) is -1.96. The van der Waals surface area contributed by atoms with Crippen LogP contribution in [0.15, 0.2) is 16.6 Å². The van der Waals surface area contributed by atoms with E-state index in [9.17, 15) is 31.1 Å². The summed E-state index contributed by atoms with van der Waals surface area (Å²) in [6.07, 6.45) is -10.4. The van der Waals surface area contributed by atoms with Gasteiger partial charge in [-0.05, 0) is 19.1 Å². The third-order valence-electron chi connectivity index (χ3n) is 1.97. The molecule has 0 saturated heterocycles. The maximum Gasteiger partial charge on any atom is 0.573 e. The molecule has 0 aromatic heterocycles. The van der Waals surface area contributed by atoms with Gasteiger partial charge in [-0.1, -0.05) is 15.9 Å². The number of Topliss-reactive ketones (excluding diaryl/α,β-unsaturated/α-hetero) is 1. The number of ketones is 1. The zero-order valence-corrected chi connectivity index (χ0v) is 10.7. The zero-order chi connectivity index (χ0) is 15.0. The number of benzene rings is 1. The topological polar surface area (TPSA) is 26.3 Å². The van der Waals surface area contributed by atoms with Crippen LogP contribution < -0.4 is 4.74 Å². The Morgan fingerprint density at radius 2 is 1.68 bits per heavy atom. The van der Waals surface area contributed by atoms with E-state index in [1.165, 1.54) is 0 Å². The lowest BCUT2D eigenvalue weighted by molar-refractivity contribution is -0.276. The summed E-state index contributed by atoms with van der Waals surface area (Å²) in [5.74, 6) is -2.17. The second kappa shape index (κ2) is 5.03. The summed E-state index contributed by atoms with van der Waals surface area (Å²) < 4.78 is 76.8. The molecule has 106 valence electrons. The molecule has 0 N–H and O–H groups in total. The van der Waals surface area contributed by atoms with E-state index in [-0.39, 0.29) is 5.56 Å². The number of halogens is 7. The largest absolute Gasteiger partial charge is 0.573 e. The standard InChI is InChI=1S/C10H5BrF6O2/c1-4(18)5-2-6(11)8(9(12,13)14)7(3-5)19-10(15,16)17/h2-3H,1H3. The maximum atomic E-state index is 12.7. The zero-order valence-electron chi connectivity index (χ0n) is 9.12. The Morgan fingerprint density at radius 3 is 2.05 bits per heavy atom. The van der Waals surface area contributed by atoms with Gasteiger partial charge in [0.05, 0.1) is 0 Å². The molecule has 1 aromatic carbocycles. The highest BCUT2D eigenvalue weighted by Gasteiger charge is 2.41. The molecule has 1 rings (SSSR count). The van der Waals surface area contributed by atoms with E-state index in [4.69, 9.17) is 0 Å². The van der Waals surface area contributed by atoms with Crippen LogP contribution in [-0.4, -0.2) is 12.1 Å². The first-order chi connectivity index (χ1) is 8.42. The molecule has 1 aromatic rings. The molecule has 0 spiro atoms. The van der Waals surface area contributed by atoms with Crippen molar-refractivity contribution in [1.29, 1.82) is 0 Å². The smallest absolute Gasteiger partial charge is 0.405 e. The Balaban J connectivity index is 3.49. The summed E-state index contributed by atoms with van der Waals surface area (Å²) in [7, 11) is 0. The van der Waals surface area contributed by atoms with E-state index in [0.29, 0.717) is 6.07 Å². The molecule has 0 amide bonds. The predicted octanol–water partition coefficient (Wildman–Crippen LogP) is 4.57. The van der Waals surface area contributed by atoms with Crippen LogP contribution in [0.3, 0.4) is 0 Å². The minimum absolute atomic E-state index is 0.334. The Hall–Kier alpha value is -1.25. The Bertz CT molecular complexity index is 506. The van der Waals surface area contributed by atoms with Crippen molar-refractivity contribution in [2.75, 3.05) is 0 Å². The predicted molar refractivity (Wildman–Crippen MR) is 55.8 cm³/mol. The van der Waals surface area contributed by atoms with Crippen LogP contribution in [0.4, 0.5) is 26.3 Å². The van der Waals surface area contributed by atoms with E-state index in [1.54, 1.807) is 0 Å². The summed E-state index contributed by atoms with van der Waals surface area (Å²) >= 11 is 2.49. The Labute approximate surface area is 111 Å². The minimum Gasteiger partial charge on any atom is -0.405 e. The van der Waals surface area contributed by atoms with Crippen molar-refractivity contribution >= 4 is 21.7 Å². The molecule has 0 aliphatic heterocycles. The molecule has 0 saturated carbocycles. The van der Waals surface area contributed by atoms with Gasteiger partial charge in [-0.15, -0.1) is 13.2 Å². The van der Waals surface area contributed by atoms with Gasteiger partial charge in [0.15, 0.2) is 5.78 Å². The van der Waals surface area contributed by atoms with E-state index in [2.05, 4.69) is 20.7 Å². The monoisotopic (exact) mass is 350 g/mol. The molecular weight excluding hydrogens is 346 g/mol. The highest BCUT2D eigenvalue weighted by molar-refractivity contribution is 9.10. The van der Waals surface area contributed by atoms with Crippen molar-refractivity contribution in [2.24, 2.45) is 0 Å². The van der Waals surface area contributed by atoms with Gasteiger partial charge in [0, 0.05) is 10.0 Å². The fourth-order valence-electron chi connectivity index (χ4n) is 1.26. The van der Waals surface area contributed by atoms with E-state index in [0.717, 1.165) is 13.0 Å². The SMILES string of the molecule is CC(=O)c1cc(Br)c(C(F)(F)F)c(OC(F)(F)F)c1. The van der Waals surface area contributed by atoms with Crippen LogP contribution >= 0.6 is 15.9 Å². The van der Waals surface area contributed by atoms with Gasteiger partial charge in [-0.3, -0.25) is 4.79 Å². The van der Waals surface area contributed by atoms with Gasteiger partial charge in [0.25, 0.3) is 0 Å². The molecule has 2 nitrogen and oxygen atoms in total. The Kier molecular flexibility index (Phi) is 4.18. The molecule has 0 fully saturated rings. The van der Waals surface area contributed by atoms with Gasteiger partial charge >= 0.3 is 12.5 Å². The first kappa shape index (κ1) is 15.8. The fourth-order valence-corrected chi connectivity index (χ4v) is 1.93. The van der Waals surface area contributed by atoms with Crippen molar-refractivity contribution in [3.63, 3.8) is 0 Å². The Morgan fingerprint density at radius 1 is 1.16 bits per heavy atom. The quantitative estimate of drug-likeness (QED) is 0.577. The summed E-state index contributed by atoms with van der Waals surface area (Å²) in [6, 6.07) is 1.19. The van der Waals surface area contributed by atoms with Crippen LogP contribution in [0.25, 0.3) is 0 Å². The van der Waals surface area contributed by atoms with Gasteiger partial charge in [-0.2, -0.15) is 13.2 Å². The van der Waals surface area contributed by atoms with Gasteiger partial charge in [-0.25, -0.2) is 0 Å². The van der Waals surface area contributed by atoms with Crippen LogP contribution in [-0.2, 0) is 6.18 Å². The average Bonchev–Trinajstić information content (AvgIpc) is 2.10. The molecule has 0 atom stereocenters. The van der Waals surface area contributed by atoms with Crippen LogP contribution in [0.2, 0.25) is 0 Å². The van der Waals surface area contributed by atoms with Crippen molar-refractivity contribution in [3.8, 4) is 5.75 Å². The summed E-state index contributed by atoms with van der Waals surface area (Å²) in [6.45, 7) is 1.01. The van der Waals surface area contributed by atoms with Gasteiger partial charge in [0.1, 0.15) is 11.3 Å². The maximum absolute atomic E-state index is 12.7. The normalized spacial score (nSPS) is 12.4. The van der Waals surface area contributed by atoms with Crippen LogP contribution in [0.5, 0.6) is 5.75 Å². The highest BCUT2D eigenvalue weighted by Crippen LogP contribution is 2.43. The molecular formula is C10H5BrF6O2. The molecule has 0 unspecified atom stereocenters. The van der Waals surface area contributed by atoms with E-state index in [1.807, 2.05) is 0 Å². The number of rotatable bonds is 2. The number of ether oxygens (including phenoxy) is 1. The molecule has 9 heteroatoms. The lowest BCUT2D eigenvalue weighted by atomic mass is 10.1. The van der Waals surface area contributed by atoms with Crippen molar-refractivity contribution < 1.29 is 35.9 Å². The number of carbonyl (C=O) groups is 1. The molecule has 0 bridgehead atoms. The molecule has 19 heavy (non-hydrogen) atoms. The van der Waals surface area contributed by atoms with E-state index >= 15 is 0 Å². The highest BCUT2D eigenvalue weighted by atomic mass is 79.9.